The number of hydrogen-bond acceptors (Lipinski definition) is 2. The largest absolute Gasteiger partial charge is 0.416 e. The Morgan fingerprint density at radius 3 is 2.21 bits per heavy atom. The summed E-state index contributed by atoms with van der Waals surface area (Å²) in [6.45, 7) is 2.03. The molecule has 0 atom stereocenters. The zero-order chi connectivity index (χ0) is 17.2. The van der Waals surface area contributed by atoms with E-state index in [0.29, 0.717) is 5.56 Å². The first-order chi connectivity index (χ1) is 11.4. The minimum absolute atomic E-state index is 0.643. The van der Waals surface area contributed by atoms with Crippen LogP contribution in [0.2, 0.25) is 0 Å². The molecule has 1 aromatic heterocycles. The molecule has 0 fully saturated rings. The SMILES string of the molecule is Cc1ccc(-c2csc(/C=C/c3ccc(C(F)(F)F)cc3)n2)cc1. The molecule has 0 saturated carbocycles. The predicted molar refractivity (Wildman–Crippen MR) is 92.7 cm³/mol. The van der Waals surface area contributed by atoms with Gasteiger partial charge in [-0.1, -0.05) is 48.0 Å². The zero-order valence-electron chi connectivity index (χ0n) is 12.8. The van der Waals surface area contributed by atoms with Crippen molar-refractivity contribution in [3.63, 3.8) is 0 Å². The van der Waals surface area contributed by atoms with E-state index in [4.69, 9.17) is 0 Å². The molecule has 1 heterocycles. The van der Waals surface area contributed by atoms with E-state index in [-0.39, 0.29) is 0 Å². The summed E-state index contributed by atoms with van der Waals surface area (Å²) in [4.78, 5) is 4.53. The van der Waals surface area contributed by atoms with E-state index in [1.807, 2.05) is 42.6 Å². The molecule has 0 amide bonds. The van der Waals surface area contributed by atoms with E-state index in [1.165, 1.54) is 29.0 Å². The summed E-state index contributed by atoms with van der Waals surface area (Å²) >= 11 is 1.50. The molecule has 3 aromatic rings. The van der Waals surface area contributed by atoms with E-state index < -0.39 is 11.7 Å². The van der Waals surface area contributed by atoms with Crippen LogP contribution in [0.15, 0.2) is 53.9 Å². The van der Waals surface area contributed by atoms with E-state index in [0.717, 1.165) is 28.4 Å². The predicted octanol–water partition coefficient (Wildman–Crippen LogP) is 6.31. The molecule has 0 saturated heterocycles. The van der Waals surface area contributed by atoms with Crippen molar-refractivity contribution in [3.05, 3.63) is 75.6 Å². The molecule has 0 bridgehead atoms. The fraction of sp³-hybridized carbons (Fsp3) is 0.105. The van der Waals surface area contributed by atoms with Gasteiger partial charge in [0.25, 0.3) is 0 Å². The van der Waals surface area contributed by atoms with Crippen molar-refractivity contribution >= 4 is 23.5 Å². The van der Waals surface area contributed by atoms with Gasteiger partial charge in [-0.3, -0.25) is 0 Å². The molecule has 122 valence electrons. The van der Waals surface area contributed by atoms with Crippen LogP contribution in [0.1, 0.15) is 21.7 Å². The number of rotatable bonds is 3. The van der Waals surface area contributed by atoms with Gasteiger partial charge < -0.3 is 0 Å². The molecule has 2 aromatic carbocycles. The molecule has 0 spiro atoms. The molecule has 0 radical (unpaired) electrons. The normalized spacial score (nSPS) is 12.0. The second-order valence-corrected chi connectivity index (χ2v) is 6.28. The Morgan fingerprint density at radius 1 is 0.917 bits per heavy atom. The van der Waals surface area contributed by atoms with Gasteiger partial charge in [0.15, 0.2) is 0 Å². The first-order valence-corrected chi connectivity index (χ1v) is 8.18. The van der Waals surface area contributed by atoms with E-state index in [9.17, 15) is 13.2 Å². The highest BCUT2D eigenvalue weighted by molar-refractivity contribution is 7.10. The molecule has 0 aliphatic carbocycles. The number of aromatic nitrogens is 1. The van der Waals surface area contributed by atoms with Crippen molar-refractivity contribution in [3.8, 4) is 11.3 Å². The maximum atomic E-state index is 12.5. The van der Waals surface area contributed by atoms with E-state index in [1.54, 1.807) is 6.08 Å². The highest BCUT2D eigenvalue weighted by atomic mass is 32.1. The van der Waals surface area contributed by atoms with Gasteiger partial charge in [0.05, 0.1) is 11.3 Å². The first-order valence-electron chi connectivity index (χ1n) is 7.30. The quantitative estimate of drug-likeness (QED) is 0.542. The monoisotopic (exact) mass is 345 g/mol. The Hall–Kier alpha value is -2.40. The van der Waals surface area contributed by atoms with Gasteiger partial charge in [-0.25, -0.2) is 4.98 Å². The fourth-order valence-electron chi connectivity index (χ4n) is 2.17. The van der Waals surface area contributed by atoms with Crippen molar-refractivity contribution < 1.29 is 13.2 Å². The summed E-state index contributed by atoms with van der Waals surface area (Å²) < 4.78 is 37.6. The second-order valence-electron chi connectivity index (χ2n) is 5.39. The first kappa shape index (κ1) is 16.5. The van der Waals surface area contributed by atoms with Gasteiger partial charge in [-0.2, -0.15) is 13.2 Å². The number of thiazole rings is 1. The number of alkyl halides is 3. The van der Waals surface area contributed by atoms with Crippen molar-refractivity contribution in [2.75, 3.05) is 0 Å². The summed E-state index contributed by atoms with van der Waals surface area (Å²) in [6, 6.07) is 13.2. The number of hydrogen-bond donors (Lipinski definition) is 0. The summed E-state index contributed by atoms with van der Waals surface area (Å²) in [5.74, 6) is 0. The highest BCUT2D eigenvalue weighted by Crippen LogP contribution is 2.29. The van der Waals surface area contributed by atoms with Gasteiger partial charge >= 0.3 is 6.18 Å². The molecule has 3 rings (SSSR count). The van der Waals surface area contributed by atoms with Gasteiger partial charge in [-0.05, 0) is 30.7 Å². The van der Waals surface area contributed by atoms with E-state index >= 15 is 0 Å². The van der Waals surface area contributed by atoms with E-state index in [2.05, 4.69) is 4.98 Å². The molecular formula is C19H14F3NS. The summed E-state index contributed by atoms with van der Waals surface area (Å²) in [7, 11) is 0. The van der Waals surface area contributed by atoms with Crippen LogP contribution in [0.4, 0.5) is 13.2 Å². The van der Waals surface area contributed by atoms with Crippen LogP contribution in [-0.4, -0.2) is 4.98 Å². The summed E-state index contributed by atoms with van der Waals surface area (Å²) in [5, 5.41) is 2.78. The van der Waals surface area contributed by atoms with Crippen LogP contribution >= 0.6 is 11.3 Å². The van der Waals surface area contributed by atoms with Crippen LogP contribution < -0.4 is 0 Å². The third-order valence-electron chi connectivity index (χ3n) is 3.53. The number of benzene rings is 2. The van der Waals surface area contributed by atoms with Crippen molar-refractivity contribution in [1.29, 1.82) is 0 Å². The lowest BCUT2D eigenvalue weighted by Gasteiger charge is -2.05. The average molecular weight is 345 g/mol. The van der Waals surface area contributed by atoms with Gasteiger partial charge in [0.1, 0.15) is 5.01 Å². The molecule has 0 N–H and O–H groups in total. The maximum Gasteiger partial charge on any atom is 0.416 e. The Kier molecular flexibility index (Phi) is 4.53. The van der Waals surface area contributed by atoms with Crippen LogP contribution in [-0.2, 0) is 6.18 Å². The third-order valence-corrected chi connectivity index (χ3v) is 4.34. The number of nitrogens with zero attached hydrogens (tertiary/aromatic N) is 1. The van der Waals surface area contributed by atoms with Crippen LogP contribution in [0.3, 0.4) is 0 Å². The number of halogens is 3. The Labute approximate surface area is 142 Å². The maximum absolute atomic E-state index is 12.5. The minimum Gasteiger partial charge on any atom is -0.237 e. The molecule has 0 aliphatic heterocycles. The van der Waals surface area contributed by atoms with Crippen LogP contribution in [0, 0.1) is 6.92 Å². The fourth-order valence-corrected chi connectivity index (χ4v) is 2.89. The summed E-state index contributed by atoms with van der Waals surface area (Å²) in [6.07, 6.45) is -0.733. The van der Waals surface area contributed by atoms with Crippen LogP contribution in [0.25, 0.3) is 23.4 Å². The second kappa shape index (κ2) is 6.61. The molecule has 0 aliphatic rings. The Balaban J connectivity index is 1.74. The van der Waals surface area contributed by atoms with Crippen molar-refractivity contribution in [2.24, 2.45) is 0 Å². The zero-order valence-corrected chi connectivity index (χ0v) is 13.7. The Morgan fingerprint density at radius 2 is 1.58 bits per heavy atom. The van der Waals surface area contributed by atoms with Gasteiger partial charge in [-0.15, -0.1) is 11.3 Å². The Bertz CT molecular complexity index is 844. The molecule has 24 heavy (non-hydrogen) atoms. The van der Waals surface area contributed by atoms with Gasteiger partial charge in [0.2, 0.25) is 0 Å². The average Bonchev–Trinajstić information content (AvgIpc) is 3.02. The van der Waals surface area contributed by atoms with Gasteiger partial charge in [0, 0.05) is 10.9 Å². The standard InChI is InChI=1S/C19H14F3NS/c1-13-2-7-15(8-3-13)17-12-24-18(23-17)11-6-14-4-9-16(10-5-14)19(20,21)22/h2-12H,1H3/b11-6+. The highest BCUT2D eigenvalue weighted by Gasteiger charge is 2.29. The molecule has 1 nitrogen and oxygen atoms in total. The molecular weight excluding hydrogens is 331 g/mol. The lowest BCUT2D eigenvalue weighted by Crippen LogP contribution is -2.03. The lowest BCUT2D eigenvalue weighted by molar-refractivity contribution is -0.137. The lowest BCUT2D eigenvalue weighted by atomic mass is 10.1. The van der Waals surface area contributed by atoms with Crippen LogP contribution in [0.5, 0.6) is 0 Å². The van der Waals surface area contributed by atoms with Crippen molar-refractivity contribution in [2.45, 2.75) is 13.1 Å². The topological polar surface area (TPSA) is 12.9 Å². The molecule has 5 heteroatoms. The molecule has 0 unspecified atom stereocenters. The summed E-state index contributed by atoms with van der Waals surface area (Å²) in [5.41, 5.74) is 3.19. The smallest absolute Gasteiger partial charge is 0.237 e. The van der Waals surface area contributed by atoms with Crippen molar-refractivity contribution in [1.82, 2.24) is 4.98 Å². The third kappa shape index (κ3) is 3.92. The minimum atomic E-state index is -4.31. The number of aryl methyl sites for hydroxylation is 1.